The highest BCUT2D eigenvalue weighted by atomic mass is 16.5. The molecule has 0 aromatic heterocycles. The first kappa shape index (κ1) is 17.2. The fourth-order valence-electron chi connectivity index (χ4n) is 3.68. The van der Waals surface area contributed by atoms with Crippen molar-refractivity contribution in [2.75, 3.05) is 19.6 Å². The first-order valence-corrected chi connectivity index (χ1v) is 8.81. The van der Waals surface area contributed by atoms with Crippen LogP contribution >= 0.6 is 0 Å². The Morgan fingerprint density at radius 3 is 2.73 bits per heavy atom. The number of hydrogen-bond donors (Lipinski definition) is 3. The predicted molar refractivity (Wildman–Crippen MR) is 92.2 cm³/mol. The fraction of sp³-hybridized carbons (Fsp3) is 0.529. The molecule has 1 amide bonds. The third-order valence-electron chi connectivity index (χ3n) is 5.45. The Morgan fingerprint density at radius 2 is 2.12 bits per heavy atom. The minimum Gasteiger partial charge on any atom is -0.535 e. The van der Waals surface area contributed by atoms with Gasteiger partial charge in [-0.05, 0) is 37.2 Å². The number of nitrogens with two attached hydrogens (primary N) is 1. The van der Waals surface area contributed by atoms with Crippen LogP contribution in [0, 0.1) is 5.41 Å². The van der Waals surface area contributed by atoms with E-state index >= 15 is 0 Å². The van der Waals surface area contributed by atoms with E-state index in [-0.39, 0.29) is 34.5 Å². The lowest BCUT2D eigenvalue weighted by Gasteiger charge is -2.40. The van der Waals surface area contributed by atoms with E-state index in [0.717, 1.165) is 18.4 Å². The average molecular weight is 360 g/mol. The highest BCUT2D eigenvalue weighted by Gasteiger charge is 2.51. The molecule has 0 radical (unpaired) electrons. The van der Waals surface area contributed by atoms with Gasteiger partial charge in [0, 0.05) is 19.6 Å². The molecule has 8 nitrogen and oxygen atoms in total. The Kier molecular flexibility index (Phi) is 4.08. The molecular weight excluding hydrogens is 339 g/mol. The number of aromatic carboxylic acids is 1. The van der Waals surface area contributed by atoms with Gasteiger partial charge in [0.25, 0.3) is 0 Å². The van der Waals surface area contributed by atoms with Gasteiger partial charge < -0.3 is 25.3 Å². The molecule has 1 aliphatic carbocycles. The Labute approximate surface area is 151 Å². The van der Waals surface area contributed by atoms with Crippen molar-refractivity contribution in [2.24, 2.45) is 11.1 Å². The topological polar surface area (TPSA) is 122 Å². The van der Waals surface area contributed by atoms with E-state index in [2.05, 4.69) is 4.90 Å². The molecule has 4 N–H and O–H groups in total. The SMILES string of the molecule is NC(=O)C1(CN2CC(Oc3ccc4c(c3C(=O)O)OB(O)CC4)C2)CC1. The zero-order chi connectivity index (χ0) is 18.5. The minimum atomic E-state index is -1.15. The second-order valence-electron chi connectivity index (χ2n) is 7.42. The lowest BCUT2D eigenvalue weighted by Crippen LogP contribution is -2.56. The highest BCUT2D eigenvalue weighted by Crippen LogP contribution is 2.46. The van der Waals surface area contributed by atoms with Crippen molar-refractivity contribution in [1.82, 2.24) is 4.90 Å². The van der Waals surface area contributed by atoms with Crippen LogP contribution < -0.4 is 15.1 Å². The van der Waals surface area contributed by atoms with Crippen LogP contribution in [0.15, 0.2) is 12.1 Å². The van der Waals surface area contributed by atoms with Gasteiger partial charge in [-0.2, -0.15) is 0 Å². The number of likely N-dealkylation sites (tertiary alicyclic amines) is 1. The van der Waals surface area contributed by atoms with Crippen LogP contribution in [-0.2, 0) is 11.2 Å². The number of rotatable bonds is 6. The summed E-state index contributed by atoms with van der Waals surface area (Å²) in [5.41, 5.74) is 5.78. The summed E-state index contributed by atoms with van der Waals surface area (Å²) in [6, 6.07) is 3.43. The minimum absolute atomic E-state index is 0.0458. The first-order chi connectivity index (χ1) is 12.4. The molecule has 0 bridgehead atoms. The number of hydrogen-bond acceptors (Lipinski definition) is 6. The van der Waals surface area contributed by atoms with Crippen LogP contribution in [0.3, 0.4) is 0 Å². The Hall–Kier alpha value is -2.26. The molecule has 4 rings (SSSR count). The highest BCUT2D eigenvalue weighted by molar-refractivity contribution is 6.44. The standard InChI is InChI=1S/C17H21BN2O6/c19-16(23)17(4-5-17)9-20-7-11(8-20)25-12-2-1-10-3-6-18(24)26-14(10)13(12)15(21)22/h1-2,11,24H,3-9H2,(H2,19,23)(H,21,22). The zero-order valence-corrected chi connectivity index (χ0v) is 14.3. The van der Waals surface area contributed by atoms with Crippen LogP contribution in [0.4, 0.5) is 0 Å². The van der Waals surface area contributed by atoms with Gasteiger partial charge in [-0.15, -0.1) is 0 Å². The molecule has 0 unspecified atom stereocenters. The average Bonchev–Trinajstić information content (AvgIpc) is 3.33. The summed E-state index contributed by atoms with van der Waals surface area (Å²) < 4.78 is 11.2. The molecule has 1 aromatic carbocycles. The lowest BCUT2D eigenvalue weighted by atomic mass is 9.78. The Morgan fingerprint density at radius 1 is 1.38 bits per heavy atom. The molecular formula is C17H21BN2O6. The zero-order valence-electron chi connectivity index (χ0n) is 14.3. The molecule has 3 aliphatic rings. The van der Waals surface area contributed by atoms with Crippen LogP contribution in [0.25, 0.3) is 0 Å². The molecule has 2 aliphatic heterocycles. The summed E-state index contributed by atoms with van der Waals surface area (Å²) in [5.74, 6) is -0.963. The van der Waals surface area contributed by atoms with E-state index in [0.29, 0.717) is 32.4 Å². The van der Waals surface area contributed by atoms with Crippen molar-refractivity contribution < 1.29 is 29.1 Å². The molecule has 1 aromatic rings. The number of carbonyl (C=O) groups is 2. The van der Waals surface area contributed by atoms with Gasteiger partial charge >= 0.3 is 13.1 Å². The third kappa shape index (κ3) is 3.01. The molecule has 26 heavy (non-hydrogen) atoms. The number of carbonyl (C=O) groups excluding carboxylic acids is 1. The van der Waals surface area contributed by atoms with Crippen LogP contribution in [-0.4, -0.2) is 59.8 Å². The quantitative estimate of drug-likeness (QED) is 0.616. The number of benzene rings is 1. The molecule has 1 saturated carbocycles. The molecule has 0 spiro atoms. The van der Waals surface area contributed by atoms with Crippen molar-refractivity contribution in [1.29, 1.82) is 0 Å². The molecule has 1 saturated heterocycles. The van der Waals surface area contributed by atoms with E-state index in [1.807, 2.05) is 0 Å². The van der Waals surface area contributed by atoms with E-state index in [1.165, 1.54) is 0 Å². The molecule has 2 heterocycles. The van der Waals surface area contributed by atoms with Gasteiger partial charge in [-0.25, -0.2) is 4.79 Å². The maximum absolute atomic E-state index is 11.7. The third-order valence-corrected chi connectivity index (χ3v) is 5.45. The van der Waals surface area contributed by atoms with Gasteiger partial charge in [-0.3, -0.25) is 9.69 Å². The number of primary amides is 1. The fourth-order valence-corrected chi connectivity index (χ4v) is 3.68. The van der Waals surface area contributed by atoms with Gasteiger partial charge in [0.05, 0.1) is 5.41 Å². The van der Waals surface area contributed by atoms with E-state index in [4.69, 9.17) is 15.1 Å². The van der Waals surface area contributed by atoms with Crippen LogP contribution in [0.2, 0.25) is 6.32 Å². The van der Waals surface area contributed by atoms with Crippen molar-refractivity contribution >= 4 is 19.0 Å². The van der Waals surface area contributed by atoms with Crippen LogP contribution in [0.5, 0.6) is 11.5 Å². The van der Waals surface area contributed by atoms with E-state index in [9.17, 15) is 19.7 Å². The molecule has 138 valence electrons. The van der Waals surface area contributed by atoms with Crippen molar-refractivity contribution in [3.05, 3.63) is 23.3 Å². The second kappa shape index (κ2) is 6.17. The maximum Gasteiger partial charge on any atom is 0.522 e. The predicted octanol–water partition coefficient (Wildman–Crippen LogP) is 0.129. The van der Waals surface area contributed by atoms with E-state index < -0.39 is 13.1 Å². The summed E-state index contributed by atoms with van der Waals surface area (Å²) in [6.07, 6.45) is 2.51. The summed E-state index contributed by atoms with van der Waals surface area (Å²) in [7, 11) is -1.00. The summed E-state index contributed by atoms with van der Waals surface area (Å²) >= 11 is 0. The summed E-state index contributed by atoms with van der Waals surface area (Å²) in [5, 5.41) is 19.3. The lowest BCUT2D eigenvalue weighted by molar-refractivity contribution is -0.125. The number of nitrogens with zero attached hydrogens (tertiary/aromatic N) is 1. The summed E-state index contributed by atoms with van der Waals surface area (Å²) in [6.45, 7) is 1.87. The van der Waals surface area contributed by atoms with Gasteiger partial charge in [0.1, 0.15) is 23.2 Å². The van der Waals surface area contributed by atoms with Crippen LogP contribution in [0.1, 0.15) is 28.8 Å². The smallest absolute Gasteiger partial charge is 0.522 e. The first-order valence-electron chi connectivity index (χ1n) is 8.81. The number of aryl methyl sites for hydroxylation is 1. The Bertz CT molecular complexity index is 760. The van der Waals surface area contributed by atoms with Crippen molar-refractivity contribution in [2.45, 2.75) is 31.7 Å². The molecule has 9 heteroatoms. The van der Waals surface area contributed by atoms with Crippen molar-refractivity contribution in [3.8, 4) is 11.5 Å². The maximum atomic E-state index is 11.7. The van der Waals surface area contributed by atoms with Crippen molar-refractivity contribution in [3.63, 3.8) is 0 Å². The molecule has 2 fully saturated rings. The van der Waals surface area contributed by atoms with Gasteiger partial charge in [0.15, 0.2) is 0 Å². The normalized spacial score (nSPS) is 21.3. The number of carboxylic acid groups (broad SMARTS) is 1. The number of carboxylic acids is 1. The number of fused-ring (bicyclic) bond motifs is 1. The molecule has 0 atom stereocenters. The van der Waals surface area contributed by atoms with Gasteiger partial charge in [0.2, 0.25) is 5.91 Å². The van der Waals surface area contributed by atoms with E-state index in [1.54, 1.807) is 12.1 Å². The second-order valence-corrected chi connectivity index (χ2v) is 7.42. The largest absolute Gasteiger partial charge is 0.535 e. The monoisotopic (exact) mass is 360 g/mol. The number of amides is 1. The Balaban J connectivity index is 1.44. The van der Waals surface area contributed by atoms with Gasteiger partial charge in [-0.1, -0.05) is 6.07 Å². The number of ether oxygens (including phenoxy) is 1. The summed E-state index contributed by atoms with van der Waals surface area (Å²) in [4.78, 5) is 25.3.